The van der Waals surface area contributed by atoms with E-state index in [1.54, 1.807) is 11.8 Å². The van der Waals surface area contributed by atoms with Gasteiger partial charge in [0.15, 0.2) is 0 Å². The van der Waals surface area contributed by atoms with Gasteiger partial charge in [-0.15, -0.1) is 0 Å². The first kappa shape index (κ1) is 15.6. The van der Waals surface area contributed by atoms with Crippen molar-refractivity contribution in [2.75, 3.05) is 19.3 Å². The number of thioether (sulfide) groups is 1. The van der Waals surface area contributed by atoms with Crippen molar-refractivity contribution in [1.82, 2.24) is 10.2 Å². The van der Waals surface area contributed by atoms with E-state index in [4.69, 9.17) is 10.2 Å². The lowest BCUT2D eigenvalue weighted by Gasteiger charge is -2.22. The van der Waals surface area contributed by atoms with Crippen LogP contribution in [0.1, 0.15) is 19.3 Å². The van der Waals surface area contributed by atoms with Crippen LogP contribution in [0.2, 0.25) is 0 Å². The topological polar surface area (TPSA) is 107 Å². The van der Waals surface area contributed by atoms with Gasteiger partial charge >= 0.3 is 18.0 Å². The molecule has 2 unspecified atom stereocenters. The van der Waals surface area contributed by atoms with Crippen LogP contribution in [-0.4, -0.2) is 63.7 Å². The van der Waals surface area contributed by atoms with E-state index in [1.165, 1.54) is 0 Å². The van der Waals surface area contributed by atoms with Crippen molar-refractivity contribution < 1.29 is 24.6 Å². The Morgan fingerprint density at radius 2 is 1.79 bits per heavy atom. The summed E-state index contributed by atoms with van der Waals surface area (Å²) in [6.07, 6.45) is 4.69. The predicted molar refractivity (Wildman–Crippen MR) is 70.3 cm³/mol. The van der Waals surface area contributed by atoms with Gasteiger partial charge in [-0.1, -0.05) is 0 Å². The average Bonchev–Trinajstić information content (AvgIpc) is 2.74. The molecule has 0 aromatic carbocycles. The van der Waals surface area contributed by atoms with Gasteiger partial charge in [0.05, 0.1) is 0 Å². The Kier molecular flexibility index (Phi) is 5.94. The molecule has 0 saturated heterocycles. The minimum atomic E-state index is -1.23. The number of hydrogen-bond donors (Lipinski definition) is 3. The largest absolute Gasteiger partial charge is 0.480 e. The zero-order valence-electron chi connectivity index (χ0n) is 10.7. The summed E-state index contributed by atoms with van der Waals surface area (Å²) in [5, 5.41) is 20.5. The van der Waals surface area contributed by atoms with E-state index >= 15 is 0 Å². The first-order valence-corrected chi connectivity index (χ1v) is 7.23. The lowest BCUT2D eigenvalue weighted by molar-refractivity contribution is -0.140. The van der Waals surface area contributed by atoms with Crippen LogP contribution in [0.15, 0.2) is 0 Å². The number of amides is 2. The predicted octanol–water partition coefficient (Wildman–Crippen LogP) is 0.451. The highest BCUT2D eigenvalue weighted by Crippen LogP contribution is 2.28. The summed E-state index contributed by atoms with van der Waals surface area (Å²) in [5.74, 6) is -2.46. The minimum absolute atomic E-state index is 0.00459. The summed E-state index contributed by atoms with van der Waals surface area (Å²) in [5.41, 5.74) is 0. The van der Waals surface area contributed by atoms with Crippen LogP contribution >= 0.6 is 11.8 Å². The molecule has 8 heteroatoms. The highest BCUT2D eigenvalue weighted by molar-refractivity contribution is 7.99. The van der Waals surface area contributed by atoms with Crippen molar-refractivity contribution in [2.45, 2.75) is 30.6 Å². The van der Waals surface area contributed by atoms with Crippen molar-refractivity contribution in [3.63, 3.8) is 0 Å². The fraction of sp³-hybridized carbons (Fsp3) is 0.727. The Balaban J connectivity index is 2.51. The molecule has 0 aromatic heterocycles. The summed E-state index contributed by atoms with van der Waals surface area (Å²) < 4.78 is 0. The monoisotopic (exact) mass is 290 g/mol. The summed E-state index contributed by atoms with van der Waals surface area (Å²) in [4.78, 5) is 33.9. The maximum atomic E-state index is 11.8. The number of nitrogens with zero attached hydrogens (tertiary/aromatic N) is 1. The van der Waals surface area contributed by atoms with Crippen LogP contribution in [-0.2, 0) is 9.59 Å². The van der Waals surface area contributed by atoms with Gasteiger partial charge in [0.2, 0.25) is 0 Å². The van der Waals surface area contributed by atoms with Gasteiger partial charge in [0, 0.05) is 11.3 Å². The number of carbonyl (C=O) groups is 3. The fourth-order valence-corrected chi connectivity index (χ4v) is 2.87. The van der Waals surface area contributed by atoms with Crippen molar-refractivity contribution in [3.8, 4) is 0 Å². The summed E-state index contributed by atoms with van der Waals surface area (Å²) in [6.45, 7) is -1.23. The van der Waals surface area contributed by atoms with Gasteiger partial charge < -0.3 is 20.4 Å². The smallest absolute Gasteiger partial charge is 0.323 e. The summed E-state index contributed by atoms with van der Waals surface area (Å²) in [6, 6.07) is -0.633. The van der Waals surface area contributed by atoms with Crippen molar-refractivity contribution in [2.24, 2.45) is 0 Å². The molecule has 0 radical (unpaired) electrons. The molecule has 1 rings (SSSR count). The van der Waals surface area contributed by atoms with E-state index in [0.717, 1.165) is 24.2 Å². The third kappa shape index (κ3) is 5.37. The van der Waals surface area contributed by atoms with E-state index in [-0.39, 0.29) is 6.04 Å². The molecule has 1 aliphatic rings. The average molecular weight is 290 g/mol. The second kappa shape index (κ2) is 7.22. The molecule has 1 aliphatic carbocycles. The molecule has 3 N–H and O–H groups in total. The highest BCUT2D eigenvalue weighted by Gasteiger charge is 2.28. The van der Waals surface area contributed by atoms with Gasteiger partial charge in [0.25, 0.3) is 0 Å². The third-order valence-corrected chi connectivity index (χ3v) is 4.08. The summed E-state index contributed by atoms with van der Waals surface area (Å²) in [7, 11) is 0. The van der Waals surface area contributed by atoms with Crippen molar-refractivity contribution >= 4 is 29.7 Å². The normalized spacial score (nSPS) is 21.9. The molecule has 108 valence electrons. The molecule has 19 heavy (non-hydrogen) atoms. The standard InChI is InChI=1S/C11H18N2O5S/c1-19-8-3-2-7(4-8)12-11(18)13(5-9(14)15)6-10(16)17/h7-8H,2-6H2,1H3,(H,12,18)(H,14,15)(H,16,17). The first-order chi connectivity index (χ1) is 8.92. The lowest BCUT2D eigenvalue weighted by atomic mass is 10.2. The first-order valence-electron chi connectivity index (χ1n) is 5.94. The molecular weight excluding hydrogens is 272 g/mol. The Morgan fingerprint density at radius 3 is 2.21 bits per heavy atom. The zero-order valence-corrected chi connectivity index (χ0v) is 11.5. The van der Waals surface area contributed by atoms with E-state index < -0.39 is 31.1 Å². The Morgan fingerprint density at radius 1 is 1.21 bits per heavy atom. The SMILES string of the molecule is CSC1CCC(NC(=O)N(CC(=O)O)CC(=O)O)C1. The van der Waals surface area contributed by atoms with E-state index in [0.29, 0.717) is 5.25 Å². The van der Waals surface area contributed by atoms with E-state index in [2.05, 4.69) is 5.32 Å². The molecule has 2 amide bonds. The number of hydrogen-bond acceptors (Lipinski definition) is 4. The fourth-order valence-electron chi connectivity index (χ4n) is 2.08. The lowest BCUT2D eigenvalue weighted by Crippen LogP contribution is -2.48. The Bertz CT molecular complexity index is 347. The van der Waals surface area contributed by atoms with Crippen LogP contribution in [0.25, 0.3) is 0 Å². The van der Waals surface area contributed by atoms with Crippen LogP contribution in [0.5, 0.6) is 0 Å². The molecule has 0 spiro atoms. The minimum Gasteiger partial charge on any atom is -0.480 e. The number of carbonyl (C=O) groups excluding carboxylic acids is 1. The number of carboxylic acids is 2. The van der Waals surface area contributed by atoms with Crippen LogP contribution in [0.3, 0.4) is 0 Å². The van der Waals surface area contributed by atoms with Gasteiger partial charge in [-0.2, -0.15) is 11.8 Å². The number of rotatable bonds is 6. The third-order valence-electron chi connectivity index (χ3n) is 2.98. The molecule has 2 atom stereocenters. The molecule has 0 aromatic rings. The number of nitrogens with one attached hydrogen (secondary N) is 1. The van der Waals surface area contributed by atoms with Crippen molar-refractivity contribution in [3.05, 3.63) is 0 Å². The molecule has 7 nitrogen and oxygen atoms in total. The number of aliphatic carboxylic acids is 2. The van der Waals surface area contributed by atoms with Crippen LogP contribution in [0, 0.1) is 0 Å². The van der Waals surface area contributed by atoms with Crippen LogP contribution in [0.4, 0.5) is 4.79 Å². The Hall–Kier alpha value is -1.44. The zero-order chi connectivity index (χ0) is 14.4. The molecule has 0 aliphatic heterocycles. The maximum Gasteiger partial charge on any atom is 0.323 e. The van der Waals surface area contributed by atoms with Gasteiger partial charge in [-0.25, -0.2) is 4.79 Å². The van der Waals surface area contributed by atoms with Gasteiger partial charge in [-0.3, -0.25) is 9.59 Å². The molecule has 0 bridgehead atoms. The maximum absolute atomic E-state index is 11.8. The molecule has 0 heterocycles. The molecular formula is C11H18N2O5S. The van der Waals surface area contributed by atoms with Crippen molar-refractivity contribution in [1.29, 1.82) is 0 Å². The molecule has 1 fully saturated rings. The number of carboxylic acid groups (broad SMARTS) is 2. The quantitative estimate of drug-likeness (QED) is 0.655. The summed E-state index contributed by atoms with van der Waals surface area (Å²) >= 11 is 1.74. The molecule has 1 saturated carbocycles. The second-order valence-electron chi connectivity index (χ2n) is 4.46. The second-order valence-corrected chi connectivity index (χ2v) is 5.60. The van der Waals surface area contributed by atoms with Gasteiger partial charge in [0.1, 0.15) is 13.1 Å². The highest BCUT2D eigenvalue weighted by atomic mass is 32.2. The van der Waals surface area contributed by atoms with Crippen LogP contribution < -0.4 is 5.32 Å². The Labute approximate surface area is 115 Å². The number of urea groups is 1. The van der Waals surface area contributed by atoms with Gasteiger partial charge in [-0.05, 0) is 25.5 Å². The van der Waals surface area contributed by atoms with E-state index in [9.17, 15) is 14.4 Å². The van der Waals surface area contributed by atoms with E-state index in [1.807, 2.05) is 6.26 Å².